The average molecular weight is 607 g/mol. The van der Waals surface area contributed by atoms with E-state index in [9.17, 15) is 13.0 Å². The lowest BCUT2D eigenvalue weighted by atomic mass is 10.0. The molecule has 0 aliphatic carbocycles. The molecule has 0 unspecified atom stereocenters. The van der Waals surface area contributed by atoms with Gasteiger partial charge in [-0.2, -0.15) is 4.57 Å². The minimum absolute atomic E-state index is 0.0252. The summed E-state index contributed by atoms with van der Waals surface area (Å²) in [5.41, 5.74) is 7.72. The van der Waals surface area contributed by atoms with Gasteiger partial charge < -0.3 is 18.6 Å². The Balaban J connectivity index is 1.39. The van der Waals surface area contributed by atoms with E-state index >= 15 is 0 Å². The first kappa shape index (κ1) is 29.4. The topological polar surface area (TPSA) is 86.7 Å². The minimum atomic E-state index is -4.44. The number of allylic oxidation sites excluding steroid dienone is 2. The number of aryl methyl sites for hydroxylation is 1. The molecule has 1 aromatic heterocycles. The molecule has 0 spiro atoms. The zero-order valence-electron chi connectivity index (χ0n) is 24.8. The van der Waals surface area contributed by atoms with E-state index in [1.54, 1.807) is 4.90 Å². The summed E-state index contributed by atoms with van der Waals surface area (Å²) in [6.45, 7) is 4.94. The van der Waals surface area contributed by atoms with E-state index in [1.165, 1.54) is 0 Å². The highest BCUT2D eigenvalue weighted by Crippen LogP contribution is 2.42. The van der Waals surface area contributed by atoms with E-state index in [0.717, 1.165) is 63.5 Å². The number of rotatable bonds is 10. The van der Waals surface area contributed by atoms with E-state index in [-0.39, 0.29) is 6.54 Å². The van der Waals surface area contributed by atoms with E-state index in [2.05, 4.69) is 35.8 Å². The lowest BCUT2D eigenvalue weighted by Gasteiger charge is -2.20. The Kier molecular flexibility index (Phi) is 8.37. The summed E-state index contributed by atoms with van der Waals surface area (Å²) in [4.78, 5) is 1.77. The Hall–Kier alpha value is -4.66. The molecule has 44 heavy (non-hydrogen) atoms. The predicted molar refractivity (Wildman–Crippen MR) is 173 cm³/mol. The Morgan fingerprint density at radius 2 is 1.52 bits per heavy atom. The van der Waals surface area contributed by atoms with Crippen molar-refractivity contribution in [3.8, 4) is 28.0 Å². The summed E-state index contributed by atoms with van der Waals surface area (Å²) in [5, 5.41) is 0. The SMILES string of the molecule is CCC[n+]1c(C=C(C=C2Oc3ccc(-c4ccccc4)cc3N2CCS(=O)(=O)[O-])CC)oc2ccc(-c3ccccc3)cc21. The number of oxazole rings is 1. The first-order valence-corrected chi connectivity index (χ1v) is 16.4. The van der Waals surface area contributed by atoms with Crippen LogP contribution in [0.3, 0.4) is 0 Å². The fourth-order valence-electron chi connectivity index (χ4n) is 5.49. The van der Waals surface area contributed by atoms with Crippen LogP contribution in [0.5, 0.6) is 5.75 Å². The van der Waals surface area contributed by atoms with Crippen molar-refractivity contribution in [1.82, 2.24) is 0 Å². The second kappa shape index (κ2) is 12.5. The fourth-order valence-corrected chi connectivity index (χ4v) is 5.89. The molecule has 7 nitrogen and oxygen atoms in total. The Morgan fingerprint density at radius 1 is 0.864 bits per heavy atom. The van der Waals surface area contributed by atoms with Gasteiger partial charge in [0.25, 0.3) is 5.52 Å². The van der Waals surface area contributed by atoms with Gasteiger partial charge in [0.2, 0.25) is 11.5 Å². The van der Waals surface area contributed by atoms with Crippen LogP contribution >= 0.6 is 0 Å². The highest BCUT2D eigenvalue weighted by atomic mass is 32.2. The summed E-state index contributed by atoms with van der Waals surface area (Å²) in [5.74, 6) is 1.24. The number of nitrogens with zero attached hydrogens (tertiary/aromatic N) is 2. The molecule has 0 radical (unpaired) electrons. The van der Waals surface area contributed by atoms with Gasteiger partial charge in [-0.1, -0.05) is 86.6 Å². The lowest BCUT2D eigenvalue weighted by molar-refractivity contribution is -0.678. The van der Waals surface area contributed by atoms with Crippen molar-refractivity contribution >= 4 is 33.0 Å². The van der Waals surface area contributed by atoms with Gasteiger partial charge in [0.15, 0.2) is 12.3 Å². The predicted octanol–water partition coefficient (Wildman–Crippen LogP) is 7.54. The molecule has 0 N–H and O–H groups in total. The van der Waals surface area contributed by atoms with Gasteiger partial charge in [0.1, 0.15) is 0 Å². The smallest absolute Gasteiger partial charge is 0.374 e. The van der Waals surface area contributed by atoms with Gasteiger partial charge in [-0.25, -0.2) is 8.42 Å². The van der Waals surface area contributed by atoms with Crippen LogP contribution in [0.25, 0.3) is 39.4 Å². The molecule has 0 bridgehead atoms. The van der Waals surface area contributed by atoms with Crippen LogP contribution in [0.4, 0.5) is 5.69 Å². The maximum absolute atomic E-state index is 11.6. The van der Waals surface area contributed by atoms with Gasteiger partial charge in [-0.3, -0.25) is 0 Å². The Labute approximate surface area is 258 Å². The van der Waals surface area contributed by atoms with E-state index < -0.39 is 15.9 Å². The van der Waals surface area contributed by atoms with E-state index in [4.69, 9.17) is 9.15 Å². The molecule has 6 rings (SSSR count). The molecule has 0 amide bonds. The molecule has 0 saturated heterocycles. The van der Waals surface area contributed by atoms with Crippen LogP contribution in [-0.4, -0.2) is 25.3 Å². The van der Waals surface area contributed by atoms with Gasteiger partial charge >= 0.3 is 5.89 Å². The van der Waals surface area contributed by atoms with Gasteiger partial charge in [0.05, 0.1) is 27.6 Å². The summed E-state index contributed by atoms with van der Waals surface area (Å²) >= 11 is 0. The number of anilines is 1. The Morgan fingerprint density at radius 3 is 2.16 bits per heavy atom. The molecule has 5 aromatic rings. The molecule has 0 fully saturated rings. The zero-order chi connectivity index (χ0) is 30.7. The summed E-state index contributed by atoms with van der Waals surface area (Å²) in [6.07, 6.45) is 5.51. The number of hydrogen-bond acceptors (Lipinski definition) is 6. The quantitative estimate of drug-likeness (QED) is 0.121. The van der Waals surface area contributed by atoms with Crippen molar-refractivity contribution in [2.24, 2.45) is 0 Å². The van der Waals surface area contributed by atoms with E-state index in [1.807, 2.05) is 91.9 Å². The standard InChI is InChI=1S/C36H34N2O5S/c1-3-19-37-31-24-29(27-11-7-5-8-12-27)15-17-33(31)42-35(37)22-26(4-2)23-36-38(20-21-44(39,40)41)32-25-30(16-18-34(32)43-36)28-13-9-6-10-14-28/h5-18,22-25H,3-4,19-21H2,1-2H3. The second-order valence-electron chi connectivity index (χ2n) is 10.8. The van der Waals surface area contributed by atoms with Crippen LogP contribution in [0, 0.1) is 0 Å². The number of aromatic nitrogens is 1. The summed E-state index contributed by atoms with van der Waals surface area (Å²) < 4.78 is 49.7. The summed E-state index contributed by atoms with van der Waals surface area (Å²) in [6, 6.07) is 32.3. The largest absolute Gasteiger partial charge is 0.748 e. The van der Waals surface area contributed by atoms with Gasteiger partial charge in [0, 0.05) is 25.1 Å². The minimum Gasteiger partial charge on any atom is -0.748 e. The maximum Gasteiger partial charge on any atom is 0.374 e. The molecule has 4 aromatic carbocycles. The number of fused-ring (bicyclic) bond motifs is 2. The van der Waals surface area contributed by atoms with Crippen molar-refractivity contribution in [1.29, 1.82) is 0 Å². The number of hydrogen-bond donors (Lipinski definition) is 0. The first-order chi connectivity index (χ1) is 21.3. The van der Waals surface area contributed by atoms with Crippen LogP contribution in [0.15, 0.2) is 119 Å². The van der Waals surface area contributed by atoms with Gasteiger partial charge in [-0.05, 0) is 52.4 Å². The van der Waals surface area contributed by atoms with Crippen LogP contribution in [0.2, 0.25) is 0 Å². The maximum atomic E-state index is 11.6. The first-order valence-electron chi connectivity index (χ1n) is 14.9. The molecular weight excluding hydrogens is 572 g/mol. The molecule has 1 aliphatic rings. The fraction of sp³-hybridized carbons (Fsp3) is 0.194. The van der Waals surface area contributed by atoms with Gasteiger partial charge in [-0.15, -0.1) is 0 Å². The second-order valence-corrected chi connectivity index (χ2v) is 12.3. The lowest BCUT2D eigenvalue weighted by Crippen LogP contribution is -2.35. The molecule has 224 valence electrons. The molecule has 0 saturated carbocycles. The molecule has 0 atom stereocenters. The third kappa shape index (κ3) is 6.32. The van der Waals surface area contributed by atoms with Crippen molar-refractivity contribution in [2.45, 2.75) is 33.2 Å². The average Bonchev–Trinajstić information content (AvgIpc) is 3.56. The normalized spacial score (nSPS) is 14.3. The molecule has 1 aliphatic heterocycles. The van der Waals surface area contributed by atoms with E-state index in [0.29, 0.717) is 18.1 Å². The van der Waals surface area contributed by atoms with Crippen LogP contribution in [-0.2, 0) is 16.7 Å². The van der Waals surface area contributed by atoms with Crippen molar-refractivity contribution in [3.05, 3.63) is 120 Å². The van der Waals surface area contributed by atoms with Crippen molar-refractivity contribution < 1.29 is 26.7 Å². The highest BCUT2D eigenvalue weighted by Gasteiger charge is 2.28. The van der Waals surface area contributed by atoms with Crippen LogP contribution < -0.4 is 14.2 Å². The van der Waals surface area contributed by atoms with Crippen molar-refractivity contribution in [2.75, 3.05) is 17.2 Å². The third-order valence-electron chi connectivity index (χ3n) is 7.71. The highest BCUT2D eigenvalue weighted by molar-refractivity contribution is 7.85. The third-order valence-corrected chi connectivity index (χ3v) is 8.40. The Bertz CT molecular complexity index is 1960. The van der Waals surface area contributed by atoms with Crippen molar-refractivity contribution in [3.63, 3.8) is 0 Å². The monoisotopic (exact) mass is 606 g/mol. The van der Waals surface area contributed by atoms with Crippen LogP contribution in [0.1, 0.15) is 32.6 Å². The number of ether oxygens (including phenoxy) is 1. The zero-order valence-corrected chi connectivity index (χ0v) is 25.6. The molecular formula is C36H34N2O5S. The molecule has 8 heteroatoms. The number of benzene rings is 4. The summed E-state index contributed by atoms with van der Waals surface area (Å²) in [7, 11) is -4.44. The molecule has 2 heterocycles.